The third-order valence-electron chi connectivity index (χ3n) is 10.9. The van der Waals surface area contributed by atoms with Gasteiger partial charge >= 0.3 is 6.03 Å². The summed E-state index contributed by atoms with van der Waals surface area (Å²) in [4.78, 5) is 52.8. The minimum Gasteiger partial charge on any atom is -0.391 e. The van der Waals surface area contributed by atoms with E-state index in [1.807, 2.05) is 58.0 Å². The fourth-order valence-electron chi connectivity index (χ4n) is 8.09. The van der Waals surface area contributed by atoms with Crippen LogP contribution in [0, 0.1) is 5.92 Å². The van der Waals surface area contributed by atoms with E-state index < -0.39 is 35.6 Å². The molecule has 3 heterocycles. The first kappa shape index (κ1) is 38.7. The topological polar surface area (TPSA) is 149 Å². The number of imidazole rings is 1. The molecule has 3 aliphatic rings. The van der Waals surface area contributed by atoms with Crippen LogP contribution in [-0.2, 0) is 31.9 Å². The van der Waals surface area contributed by atoms with E-state index >= 15 is 0 Å². The van der Waals surface area contributed by atoms with Crippen LogP contribution >= 0.6 is 0 Å². The standard InChI is InChI=1S/C39H60N6O6/c1-38(2)34(50-39(3,4)51-38)24-33(46)30(21-27-15-9-6-10-16-27)42-35(47)32(23-29-25-40-26-41-29)44(5)36(48)31(22-28-17-11-7-12-18-28)43-37(49)45-19-13-8-14-20-45/h7,11-12,17-18,25-27,30-34,46H,6,8-10,13-16,19-24H2,1-5H3,(H,40,41)(H,42,47)(H,43,49)/t30-,31-,32-,33-,34-/m0/s1. The van der Waals surface area contributed by atoms with E-state index in [-0.39, 0.29) is 43.2 Å². The number of hydrogen-bond donors (Lipinski definition) is 4. The van der Waals surface area contributed by atoms with Crippen molar-refractivity contribution in [1.29, 1.82) is 0 Å². The fourth-order valence-corrected chi connectivity index (χ4v) is 8.09. The van der Waals surface area contributed by atoms with Gasteiger partial charge in [-0.25, -0.2) is 9.78 Å². The molecule has 282 valence electrons. The van der Waals surface area contributed by atoms with Crippen LogP contribution in [0.2, 0.25) is 0 Å². The summed E-state index contributed by atoms with van der Waals surface area (Å²) in [5.74, 6) is -1.15. The molecule has 2 saturated heterocycles. The summed E-state index contributed by atoms with van der Waals surface area (Å²) in [5, 5.41) is 18.0. The van der Waals surface area contributed by atoms with Gasteiger partial charge in [0, 0.05) is 51.3 Å². The number of H-pyrrole nitrogens is 1. The largest absolute Gasteiger partial charge is 0.391 e. The molecule has 5 rings (SSSR count). The lowest BCUT2D eigenvalue weighted by Gasteiger charge is -2.36. The van der Waals surface area contributed by atoms with Gasteiger partial charge in [-0.2, -0.15) is 0 Å². The number of likely N-dealkylation sites (N-methyl/N-ethyl adjacent to an activating group) is 1. The molecule has 0 unspecified atom stereocenters. The molecule has 4 amide bonds. The molecule has 1 aromatic carbocycles. The molecular formula is C39H60N6O6. The lowest BCUT2D eigenvalue weighted by atomic mass is 9.82. The molecular weight excluding hydrogens is 648 g/mol. The van der Waals surface area contributed by atoms with Gasteiger partial charge in [0.05, 0.1) is 30.2 Å². The predicted octanol–water partition coefficient (Wildman–Crippen LogP) is 4.72. The molecule has 2 aliphatic heterocycles. The molecule has 51 heavy (non-hydrogen) atoms. The number of aromatic nitrogens is 2. The molecule has 5 atom stereocenters. The number of aliphatic hydroxyl groups is 1. The number of hydrogen-bond acceptors (Lipinski definition) is 7. The molecule has 3 fully saturated rings. The first-order chi connectivity index (χ1) is 24.3. The van der Waals surface area contributed by atoms with Gasteiger partial charge in [-0.3, -0.25) is 9.59 Å². The molecule has 0 spiro atoms. The number of amides is 4. The van der Waals surface area contributed by atoms with Crippen molar-refractivity contribution in [2.75, 3.05) is 20.1 Å². The van der Waals surface area contributed by atoms with Crippen LogP contribution in [0.5, 0.6) is 0 Å². The van der Waals surface area contributed by atoms with Crippen LogP contribution in [0.25, 0.3) is 0 Å². The van der Waals surface area contributed by atoms with Gasteiger partial charge in [-0.1, -0.05) is 62.4 Å². The molecule has 12 heteroatoms. The van der Waals surface area contributed by atoms with Gasteiger partial charge in [-0.05, 0) is 64.9 Å². The smallest absolute Gasteiger partial charge is 0.318 e. The van der Waals surface area contributed by atoms with Crippen LogP contribution < -0.4 is 10.6 Å². The maximum atomic E-state index is 14.5. The summed E-state index contributed by atoms with van der Waals surface area (Å²) in [6.45, 7) is 8.96. The number of likely N-dealkylation sites (tertiary alicyclic amines) is 1. The number of aliphatic hydroxyl groups excluding tert-OH is 1. The third-order valence-corrected chi connectivity index (χ3v) is 10.9. The van der Waals surface area contributed by atoms with Gasteiger partial charge in [0.15, 0.2) is 5.79 Å². The van der Waals surface area contributed by atoms with Crippen molar-refractivity contribution in [2.24, 2.45) is 5.92 Å². The monoisotopic (exact) mass is 708 g/mol. The minimum atomic E-state index is -0.939. The van der Waals surface area contributed by atoms with Gasteiger partial charge in [0.25, 0.3) is 0 Å². The molecule has 1 aromatic heterocycles. The zero-order valence-corrected chi connectivity index (χ0v) is 31.2. The summed E-state index contributed by atoms with van der Waals surface area (Å²) in [7, 11) is 1.62. The Morgan fingerprint density at radius 3 is 2.29 bits per heavy atom. The summed E-state index contributed by atoms with van der Waals surface area (Å²) in [6.07, 6.45) is 11.8. The number of benzene rings is 1. The van der Waals surface area contributed by atoms with Crippen molar-refractivity contribution in [2.45, 2.75) is 146 Å². The number of piperidine rings is 1. The maximum Gasteiger partial charge on any atom is 0.318 e. The number of nitrogens with one attached hydrogen (secondary N) is 3. The first-order valence-electron chi connectivity index (χ1n) is 19.0. The number of urea groups is 1. The molecule has 1 saturated carbocycles. The second-order valence-corrected chi connectivity index (χ2v) is 15.9. The number of rotatable bonds is 14. The third kappa shape index (κ3) is 10.8. The fraction of sp³-hybridized carbons (Fsp3) is 0.692. The van der Waals surface area contributed by atoms with Gasteiger partial charge in [-0.15, -0.1) is 0 Å². The van der Waals surface area contributed by atoms with Crippen LogP contribution in [-0.4, -0.2) is 105 Å². The predicted molar refractivity (Wildman–Crippen MR) is 195 cm³/mol. The van der Waals surface area contributed by atoms with E-state index in [1.165, 1.54) is 11.3 Å². The zero-order chi connectivity index (χ0) is 36.6. The van der Waals surface area contributed by atoms with Gasteiger partial charge < -0.3 is 40.0 Å². The Kier molecular flexibility index (Phi) is 13.2. The van der Waals surface area contributed by atoms with Crippen molar-refractivity contribution < 1.29 is 29.0 Å². The van der Waals surface area contributed by atoms with Crippen LogP contribution in [0.3, 0.4) is 0 Å². The molecule has 0 radical (unpaired) electrons. The first-order valence-corrected chi connectivity index (χ1v) is 19.0. The Balaban J connectivity index is 1.38. The molecule has 4 N–H and O–H groups in total. The van der Waals surface area contributed by atoms with Crippen LogP contribution in [0.1, 0.15) is 103 Å². The van der Waals surface area contributed by atoms with E-state index in [4.69, 9.17) is 9.47 Å². The Morgan fingerprint density at radius 1 is 0.980 bits per heavy atom. The zero-order valence-electron chi connectivity index (χ0n) is 31.2. The summed E-state index contributed by atoms with van der Waals surface area (Å²) < 4.78 is 12.4. The highest BCUT2D eigenvalue weighted by molar-refractivity contribution is 5.92. The average Bonchev–Trinajstić information content (AvgIpc) is 3.70. The highest BCUT2D eigenvalue weighted by Crippen LogP contribution is 2.39. The van der Waals surface area contributed by atoms with E-state index in [2.05, 4.69) is 20.6 Å². The average molecular weight is 709 g/mol. The summed E-state index contributed by atoms with van der Waals surface area (Å²) >= 11 is 0. The normalized spacial score (nSPS) is 22.8. The Labute approximate surface area is 303 Å². The Bertz CT molecular complexity index is 1410. The number of ether oxygens (including phenoxy) is 2. The Morgan fingerprint density at radius 2 is 1.67 bits per heavy atom. The van der Waals surface area contributed by atoms with Crippen molar-refractivity contribution >= 4 is 17.8 Å². The summed E-state index contributed by atoms with van der Waals surface area (Å²) in [6, 6.07) is 6.93. The van der Waals surface area contributed by atoms with E-state index in [9.17, 15) is 19.5 Å². The second-order valence-electron chi connectivity index (χ2n) is 15.9. The van der Waals surface area contributed by atoms with E-state index in [0.29, 0.717) is 31.1 Å². The van der Waals surface area contributed by atoms with E-state index in [1.54, 1.807) is 24.5 Å². The van der Waals surface area contributed by atoms with Crippen LogP contribution in [0.15, 0.2) is 42.9 Å². The van der Waals surface area contributed by atoms with Crippen molar-refractivity contribution in [3.8, 4) is 0 Å². The second kappa shape index (κ2) is 17.4. The number of carbonyl (C=O) groups excluding carboxylic acids is 3. The van der Waals surface area contributed by atoms with Gasteiger partial charge in [0.2, 0.25) is 11.8 Å². The van der Waals surface area contributed by atoms with Crippen molar-refractivity contribution in [3.63, 3.8) is 0 Å². The van der Waals surface area contributed by atoms with Crippen molar-refractivity contribution in [3.05, 3.63) is 54.1 Å². The van der Waals surface area contributed by atoms with Gasteiger partial charge in [0.1, 0.15) is 12.1 Å². The van der Waals surface area contributed by atoms with Crippen LogP contribution in [0.4, 0.5) is 4.79 Å². The highest BCUT2D eigenvalue weighted by atomic mass is 16.8. The minimum absolute atomic E-state index is 0.180. The Hall–Kier alpha value is -3.48. The molecule has 1 aliphatic carbocycles. The molecule has 12 nitrogen and oxygen atoms in total. The number of carbonyl (C=O) groups is 3. The highest BCUT2D eigenvalue weighted by Gasteiger charge is 2.48. The van der Waals surface area contributed by atoms with E-state index in [0.717, 1.165) is 50.5 Å². The lowest BCUT2D eigenvalue weighted by Crippen LogP contribution is -2.59. The summed E-state index contributed by atoms with van der Waals surface area (Å²) in [5.41, 5.74) is 0.973. The number of aromatic amines is 1. The lowest BCUT2D eigenvalue weighted by molar-refractivity contribution is -0.158. The maximum absolute atomic E-state index is 14.5. The quantitative estimate of drug-likeness (QED) is 0.222. The molecule has 2 aromatic rings. The van der Waals surface area contributed by atoms with Crippen molar-refractivity contribution in [1.82, 2.24) is 30.4 Å². The molecule has 0 bridgehead atoms. The SMILES string of the molecule is CN(C(=O)[C@H](Cc1ccccc1)NC(=O)N1CCCCC1)[C@@H](Cc1cnc[nH]1)C(=O)N[C@@H](CC1CCCCC1)[C@@H](O)C[C@@H]1OC(C)(C)OC1(C)C. The number of nitrogens with zero attached hydrogens (tertiary/aromatic N) is 3.